The molecule has 8 rings (SSSR count). The van der Waals surface area contributed by atoms with Gasteiger partial charge in [-0.25, -0.2) is 22.3 Å². The van der Waals surface area contributed by atoms with Crippen molar-refractivity contribution in [3.8, 4) is 17.0 Å². The van der Waals surface area contributed by atoms with E-state index in [1.165, 1.54) is 23.0 Å². The van der Waals surface area contributed by atoms with Crippen molar-refractivity contribution in [3.63, 3.8) is 0 Å². The average Bonchev–Trinajstić information content (AvgIpc) is 3.95. The van der Waals surface area contributed by atoms with Gasteiger partial charge in [0, 0.05) is 63.3 Å². The molecule has 2 fully saturated rings. The fourth-order valence-electron chi connectivity index (χ4n) is 7.88. The van der Waals surface area contributed by atoms with Crippen molar-refractivity contribution >= 4 is 52.8 Å². The number of fused-ring (bicyclic) bond motifs is 2. The van der Waals surface area contributed by atoms with Crippen LogP contribution in [0.4, 0.5) is 26.2 Å². The molecular formula is C37H43BF2N12O3S. The highest BCUT2D eigenvalue weighted by Gasteiger charge is 2.42. The van der Waals surface area contributed by atoms with Crippen LogP contribution in [0.5, 0.6) is 5.75 Å². The van der Waals surface area contributed by atoms with Gasteiger partial charge >= 0.3 is 0 Å². The number of hydrogen-bond acceptors (Lipinski definition) is 11. The number of H-pyrrole nitrogens is 1. The second kappa shape index (κ2) is 15.2. The van der Waals surface area contributed by atoms with E-state index >= 15 is 8.78 Å². The van der Waals surface area contributed by atoms with Gasteiger partial charge in [0.05, 0.1) is 28.5 Å². The third-order valence-electron chi connectivity index (χ3n) is 10.7. The van der Waals surface area contributed by atoms with E-state index < -0.39 is 28.3 Å². The van der Waals surface area contributed by atoms with E-state index in [-0.39, 0.29) is 40.9 Å². The second-order valence-corrected chi connectivity index (χ2v) is 16.1. The molecule has 2 aliphatic rings. The molecule has 56 heavy (non-hydrogen) atoms. The summed E-state index contributed by atoms with van der Waals surface area (Å²) in [5.74, 6) is -0.229. The fraction of sp³-hybridized carbons (Fsp3) is 0.432. The number of aromatic amines is 1. The van der Waals surface area contributed by atoms with Gasteiger partial charge in [-0.1, -0.05) is 6.07 Å². The molecule has 292 valence electrons. The van der Waals surface area contributed by atoms with Crippen molar-refractivity contribution in [3.05, 3.63) is 66.3 Å². The average molecular weight is 785 g/mol. The number of aryl methyl sites for hydroxylation is 1. The molecule has 2 aliphatic heterocycles. The van der Waals surface area contributed by atoms with Crippen LogP contribution in [0, 0.1) is 17.6 Å². The van der Waals surface area contributed by atoms with Crippen LogP contribution in [-0.4, -0.2) is 111 Å². The third-order valence-corrected chi connectivity index (χ3v) is 12.2. The number of hydrogen-bond donors (Lipinski definition) is 4. The highest BCUT2D eigenvalue weighted by Crippen LogP contribution is 2.39. The molecule has 0 amide bonds. The zero-order valence-corrected chi connectivity index (χ0v) is 32.4. The van der Waals surface area contributed by atoms with E-state index in [1.807, 2.05) is 30.9 Å². The first-order chi connectivity index (χ1) is 26.9. The van der Waals surface area contributed by atoms with Crippen molar-refractivity contribution < 1.29 is 22.8 Å². The van der Waals surface area contributed by atoms with Crippen molar-refractivity contribution in [1.29, 1.82) is 0 Å². The van der Waals surface area contributed by atoms with Crippen molar-refractivity contribution in [2.75, 3.05) is 43.9 Å². The van der Waals surface area contributed by atoms with E-state index in [2.05, 4.69) is 41.0 Å². The number of benzene rings is 2. The van der Waals surface area contributed by atoms with Crippen LogP contribution in [0.3, 0.4) is 0 Å². The van der Waals surface area contributed by atoms with Crippen LogP contribution in [0.1, 0.15) is 51.0 Å². The molecule has 4 aromatic heterocycles. The molecule has 15 nitrogen and oxygen atoms in total. The number of aromatic nitrogens is 8. The summed E-state index contributed by atoms with van der Waals surface area (Å²) >= 11 is 0. The van der Waals surface area contributed by atoms with Crippen LogP contribution in [0.2, 0.25) is 0 Å². The van der Waals surface area contributed by atoms with Gasteiger partial charge in [0.15, 0.2) is 17.4 Å². The van der Waals surface area contributed by atoms with Gasteiger partial charge in [0.25, 0.3) is 0 Å². The minimum Gasteiger partial charge on any atom is -0.485 e. The Morgan fingerprint density at radius 3 is 2.64 bits per heavy atom. The van der Waals surface area contributed by atoms with E-state index in [0.717, 1.165) is 5.39 Å². The van der Waals surface area contributed by atoms with Gasteiger partial charge in [0.2, 0.25) is 11.6 Å². The van der Waals surface area contributed by atoms with Gasteiger partial charge in [-0.2, -0.15) is 19.7 Å². The van der Waals surface area contributed by atoms with E-state index in [0.29, 0.717) is 84.9 Å². The smallest absolute Gasteiger partial charge is 0.247 e. The molecule has 2 saturated heterocycles. The molecule has 0 spiro atoms. The predicted molar refractivity (Wildman–Crippen MR) is 209 cm³/mol. The molecule has 6 heterocycles. The minimum atomic E-state index is -1.72. The van der Waals surface area contributed by atoms with Gasteiger partial charge in [0.1, 0.15) is 42.2 Å². The van der Waals surface area contributed by atoms with Crippen LogP contribution in [0.15, 0.2) is 53.9 Å². The molecule has 0 saturated carbocycles. The number of ether oxygens (including phenoxy) is 1. The molecular weight excluding hydrogens is 741 g/mol. The molecule has 19 heteroatoms. The van der Waals surface area contributed by atoms with Crippen LogP contribution in [0.25, 0.3) is 27.8 Å². The summed E-state index contributed by atoms with van der Waals surface area (Å²) in [7, 11) is 8.44. The number of anilines is 3. The standard InChI is InChI=1S/C37H43BF2N12O3S/c1-21(2)55-33-31(23-17-43-44-18-23)42-20-52-35(33)46-36(48-52)45-29-10-7-25(16-28(29)39)56(54)51-13-5-6-24(19-51)37(38,53)50-14-11-22(12-15-50)26-8-9-27-32(30(26)40)49(4)47-34(27)41-3/h7-10,16-18,20-22,24,53H,5-6,11-15,19H2,1-4H3,(H,41,47)(H,43,44)(H,45,48). The van der Waals surface area contributed by atoms with E-state index in [4.69, 9.17) is 12.6 Å². The normalized spacial score (nSPS) is 19.1. The monoisotopic (exact) mass is 784 g/mol. The van der Waals surface area contributed by atoms with E-state index in [1.54, 1.807) is 41.5 Å². The first-order valence-corrected chi connectivity index (χ1v) is 19.8. The Bertz CT molecular complexity index is 2400. The topological polar surface area (TPSA) is 167 Å². The lowest BCUT2D eigenvalue weighted by atomic mass is 9.73. The van der Waals surface area contributed by atoms with Gasteiger partial charge in [-0.3, -0.25) is 14.7 Å². The lowest BCUT2D eigenvalue weighted by Gasteiger charge is -2.49. The van der Waals surface area contributed by atoms with Crippen LogP contribution in [-0.2, 0) is 18.0 Å². The third kappa shape index (κ3) is 7.01. The maximum atomic E-state index is 15.8. The van der Waals surface area contributed by atoms with Gasteiger partial charge in [-0.05, 0) is 75.3 Å². The summed E-state index contributed by atoms with van der Waals surface area (Å²) < 4.78 is 56.0. The SMILES string of the molecule is [B]C(O)(C1CCCN(S(=O)c2ccc(Nc3nc4c(OC(C)C)c(-c5cn[nH]c5)ncn4n3)c(F)c2)C1)N1CCC(c2ccc3c(NC)nn(C)c3c2F)CC1. The molecule has 2 radical (unpaired) electrons. The lowest BCUT2D eigenvalue weighted by Crippen LogP contribution is -2.60. The molecule has 3 atom stereocenters. The summed E-state index contributed by atoms with van der Waals surface area (Å²) in [4.78, 5) is 11.2. The van der Waals surface area contributed by atoms with Crippen molar-refractivity contribution in [1.82, 2.24) is 48.8 Å². The Hall–Kier alpha value is -4.98. The number of likely N-dealkylation sites (tertiary alicyclic amines) is 1. The molecule has 0 aliphatic carbocycles. The van der Waals surface area contributed by atoms with Gasteiger partial charge < -0.3 is 20.5 Å². The highest BCUT2D eigenvalue weighted by molar-refractivity contribution is 7.82. The Labute approximate surface area is 325 Å². The second-order valence-electron chi connectivity index (χ2n) is 14.7. The maximum absolute atomic E-state index is 15.8. The highest BCUT2D eigenvalue weighted by atomic mass is 32.2. The predicted octanol–water partition coefficient (Wildman–Crippen LogP) is 4.68. The number of aliphatic hydroxyl groups is 1. The first-order valence-electron chi connectivity index (χ1n) is 18.7. The number of nitrogens with one attached hydrogen (secondary N) is 3. The zero-order valence-electron chi connectivity index (χ0n) is 31.5. The Kier molecular flexibility index (Phi) is 10.3. The quantitative estimate of drug-likeness (QED) is 0.135. The molecule has 3 unspecified atom stereocenters. The summed E-state index contributed by atoms with van der Waals surface area (Å²) in [5.41, 5.74) is 1.14. The molecule has 2 aromatic carbocycles. The Morgan fingerprint density at radius 2 is 1.93 bits per heavy atom. The number of piperidine rings is 2. The summed E-state index contributed by atoms with van der Waals surface area (Å²) in [6, 6.07) is 8.05. The Balaban J connectivity index is 0.924. The lowest BCUT2D eigenvalue weighted by molar-refractivity contribution is -0.101. The largest absolute Gasteiger partial charge is 0.485 e. The van der Waals surface area contributed by atoms with Gasteiger partial charge in [-0.15, -0.1) is 5.10 Å². The molecule has 6 aromatic rings. The summed E-state index contributed by atoms with van der Waals surface area (Å²) in [6.45, 7) is 5.46. The number of rotatable bonds is 11. The summed E-state index contributed by atoms with van der Waals surface area (Å²) in [5, 5.41) is 34.0. The number of halogens is 2. The van der Waals surface area contributed by atoms with E-state index in [9.17, 15) is 9.32 Å². The van der Waals surface area contributed by atoms with Crippen molar-refractivity contribution in [2.24, 2.45) is 13.0 Å². The van der Waals surface area contributed by atoms with Crippen molar-refractivity contribution in [2.45, 2.75) is 62.1 Å². The van der Waals surface area contributed by atoms with Crippen LogP contribution < -0.4 is 15.4 Å². The zero-order chi connectivity index (χ0) is 39.3. The Morgan fingerprint density at radius 1 is 1.12 bits per heavy atom. The molecule has 0 bridgehead atoms. The first kappa shape index (κ1) is 37.9. The summed E-state index contributed by atoms with van der Waals surface area (Å²) in [6.07, 6.45) is 7.14. The fourth-order valence-corrected chi connectivity index (χ4v) is 9.18. The molecule has 4 N–H and O–H groups in total. The number of nitrogens with zero attached hydrogens (tertiary/aromatic N) is 9. The van der Waals surface area contributed by atoms with Crippen LogP contribution >= 0.6 is 0 Å². The maximum Gasteiger partial charge on any atom is 0.247 e. The minimum absolute atomic E-state index is 0.0422.